The van der Waals surface area contributed by atoms with E-state index in [2.05, 4.69) is 5.10 Å². The molecule has 2 heterocycles. The molecule has 1 saturated heterocycles. The fourth-order valence-corrected chi connectivity index (χ4v) is 4.17. The molecule has 182 valence electrons. The van der Waals surface area contributed by atoms with Crippen LogP contribution < -0.4 is 11.2 Å². The smallest absolute Gasteiger partial charge is 0.352 e. The summed E-state index contributed by atoms with van der Waals surface area (Å²) in [6.07, 6.45) is 1.21. The summed E-state index contributed by atoms with van der Waals surface area (Å²) in [5, 5.41) is 4.22. The van der Waals surface area contributed by atoms with E-state index in [9.17, 15) is 19.2 Å². The van der Waals surface area contributed by atoms with Crippen molar-refractivity contribution >= 4 is 11.9 Å². The number of hydrogen-bond donors (Lipinski definition) is 0. The highest BCUT2D eigenvalue weighted by molar-refractivity contribution is 5.92. The van der Waals surface area contributed by atoms with Crippen molar-refractivity contribution in [2.75, 3.05) is 19.7 Å². The molecular weight excluding hydrogens is 448 g/mol. The first kappa shape index (κ1) is 24.1. The van der Waals surface area contributed by atoms with Gasteiger partial charge >= 0.3 is 11.7 Å². The lowest BCUT2D eigenvalue weighted by Crippen LogP contribution is -2.49. The van der Waals surface area contributed by atoms with E-state index in [-0.39, 0.29) is 31.4 Å². The quantitative estimate of drug-likeness (QED) is 0.505. The molecule has 9 nitrogen and oxygen atoms in total. The Bertz CT molecular complexity index is 1330. The number of likely N-dealkylation sites (tertiary alicyclic amines) is 1. The molecule has 0 saturated carbocycles. The zero-order chi connectivity index (χ0) is 24.9. The summed E-state index contributed by atoms with van der Waals surface area (Å²) in [5.74, 6) is -1.42. The third kappa shape index (κ3) is 5.24. The van der Waals surface area contributed by atoms with Gasteiger partial charge < -0.3 is 9.64 Å². The molecule has 0 radical (unpaired) electrons. The van der Waals surface area contributed by atoms with Gasteiger partial charge in [-0.2, -0.15) is 9.78 Å². The number of aromatic nitrogens is 3. The predicted molar refractivity (Wildman–Crippen MR) is 130 cm³/mol. The van der Waals surface area contributed by atoms with Gasteiger partial charge in [-0.1, -0.05) is 48.0 Å². The van der Waals surface area contributed by atoms with Crippen LogP contribution in [0.2, 0.25) is 0 Å². The number of rotatable bonds is 6. The first-order valence-corrected chi connectivity index (χ1v) is 11.7. The molecule has 1 amide bonds. The molecule has 1 aliphatic heterocycles. The average Bonchev–Trinajstić information content (AvgIpc) is 2.88. The van der Waals surface area contributed by atoms with Crippen LogP contribution in [0.15, 0.2) is 64.2 Å². The number of aryl methyl sites for hydroxylation is 1. The molecule has 35 heavy (non-hydrogen) atoms. The first-order valence-electron chi connectivity index (χ1n) is 11.7. The summed E-state index contributed by atoms with van der Waals surface area (Å²) in [5.41, 5.74) is 0.430. The van der Waals surface area contributed by atoms with Gasteiger partial charge in [-0.3, -0.25) is 19.0 Å². The Morgan fingerprint density at radius 3 is 2.46 bits per heavy atom. The second kappa shape index (κ2) is 10.5. The highest BCUT2D eigenvalue weighted by Gasteiger charge is 2.32. The molecule has 0 bridgehead atoms. The van der Waals surface area contributed by atoms with Crippen molar-refractivity contribution < 1.29 is 14.3 Å². The van der Waals surface area contributed by atoms with Gasteiger partial charge in [0.15, 0.2) is 0 Å². The summed E-state index contributed by atoms with van der Waals surface area (Å²) in [4.78, 5) is 53.9. The van der Waals surface area contributed by atoms with Gasteiger partial charge in [0.1, 0.15) is 0 Å². The minimum absolute atomic E-state index is 0.00137. The fourth-order valence-electron chi connectivity index (χ4n) is 4.17. The lowest BCUT2D eigenvalue weighted by Gasteiger charge is -2.31. The summed E-state index contributed by atoms with van der Waals surface area (Å²) in [6.45, 7) is 4.44. The molecule has 1 aromatic heterocycles. The first-order chi connectivity index (χ1) is 16.9. The Kier molecular flexibility index (Phi) is 7.24. The molecule has 3 aromatic rings. The summed E-state index contributed by atoms with van der Waals surface area (Å²) < 4.78 is 7.24. The molecule has 1 fully saturated rings. The average molecular weight is 477 g/mol. The number of ether oxygens (including phenoxy) is 1. The minimum atomic E-state index is -0.759. The van der Waals surface area contributed by atoms with E-state index in [4.69, 9.17) is 4.74 Å². The number of piperidine rings is 1. The Hall–Kier alpha value is -4.01. The van der Waals surface area contributed by atoms with Crippen molar-refractivity contribution in [3.63, 3.8) is 0 Å². The van der Waals surface area contributed by atoms with Gasteiger partial charge in [0.05, 0.1) is 24.8 Å². The fraction of sp³-hybridized carbons (Fsp3) is 0.346. The molecule has 2 aromatic carbocycles. The SMILES string of the molecule is CCOC(=O)C1CCCN(C(=O)c2nn(-c3ccc(C)cc3)c(=O)n(Cc3ccccc3)c2=O)C1. The molecular formula is C26H28N4O5. The van der Waals surface area contributed by atoms with Gasteiger partial charge in [0, 0.05) is 13.1 Å². The zero-order valence-corrected chi connectivity index (χ0v) is 19.8. The Morgan fingerprint density at radius 2 is 1.77 bits per heavy atom. The van der Waals surface area contributed by atoms with Crippen LogP contribution in [-0.4, -0.2) is 50.8 Å². The molecule has 1 aliphatic rings. The minimum Gasteiger partial charge on any atom is -0.466 e. The van der Waals surface area contributed by atoms with Crippen molar-refractivity contribution in [3.8, 4) is 5.69 Å². The number of esters is 1. The van der Waals surface area contributed by atoms with Crippen LogP contribution >= 0.6 is 0 Å². The van der Waals surface area contributed by atoms with E-state index in [0.717, 1.165) is 20.4 Å². The van der Waals surface area contributed by atoms with Gasteiger partial charge in [0.25, 0.3) is 11.5 Å². The standard InChI is InChI=1S/C26H28N4O5/c1-3-35-25(33)20-10-7-15-28(17-20)23(31)22-24(32)29(16-19-8-5-4-6-9-19)26(34)30(27-22)21-13-11-18(2)12-14-21/h4-6,8-9,11-14,20H,3,7,10,15-17H2,1-2H3. The van der Waals surface area contributed by atoms with Gasteiger partial charge in [0.2, 0.25) is 5.69 Å². The van der Waals surface area contributed by atoms with Gasteiger partial charge in [-0.15, -0.1) is 0 Å². The largest absolute Gasteiger partial charge is 0.466 e. The topological polar surface area (TPSA) is 104 Å². The molecule has 0 aliphatic carbocycles. The molecule has 1 unspecified atom stereocenters. The normalized spacial score (nSPS) is 15.6. The highest BCUT2D eigenvalue weighted by atomic mass is 16.5. The van der Waals surface area contributed by atoms with E-state index in [1.807, 2.05) is 37.3 Å². The van der Waals surface area contributed by atoms with Crippen LogP contribution in [0.25, 0.3) is 5.69 Å². The predicted octanol–water partition coefficient (Wildman–Crippen LogP) is 2.17. The summed E-state index contributed by atoms with van der Waals surface area (Å²) in [6, 6.07) is 16.2. The van der Waals surface area contributed by atoms with Crippen LogP contribution in [0.3, 0.4) is 0 Å². The number of benzene rings is 2. The Labute approximate surface area is 202 Å². The van der Waals surface area contributed by atoms with Crippen molar-refractivity contribution in [1.82, 2.24) is 19.2 Å². The van der Waals surface area contributed by atoms with E-state index in [0.29, 0.717) is 25.1 Å². The van der Waals surface area contributed by atoms with E-state index in [1.165, 1.54) is 4.90 Å². The third-order valence-corrected chi connectivity index (χ3v) is 6.05. The maximum absolute atomic E-state index is 13.5. The van der Waals surface area contributed by atoms with Crippen molar-refractivity contribution in [1.29, 1.82) is 0 Å². The summed E-state index contributed by atoms with van der Waals surface area (Å²) in [7, 11) is 0. The molecule has 0 spiro atoms. The van der Waals surface area contributed by atoms with Gasteiger partial charge in [-0.05, 0) is 44.4 Å². The number of nitrogens with zero attached hydrogens (tertiary/aromatic N) is 4. The molecule has 1 atom stereocenters. The second-order valence-electron chi connectivity index (χ2n) is 8.60. The molecule has 4 rings (SSSR count). The van der Waals surface area contributed by atoms with Crippen molar-refractivity contribution in [2.45, 2.75) is 33.2 Å². The van der Waals surface area contributed by atoms with E-state index >= 15 is 0 Å². The molecule has 9 heteroatoms. The van der Waals surface area contributed by atoms with Crippen LogP contribution in [-0.2, 0) is 16.1 Å². The summed E-state index contributed by atoms with van der Waals surface area (Å²) >= 11 is 0. The van der Waals surface area contributed by atoms with Gasteiger partial charge in [-0.25, -0.2) is 4.79 Å². The van der Waals surface area contributed by atoms with E-state index in [1.54, 1.807) is 31.2 Å². The lowest BCUT2D eigenvalue weighted by atomic mass is 9.98. The van der Waals surface area contributed by atoms with E-state index < -0.39 is 23.1 Å². The van der Waals surface area contributed by atoms with Crippen LogP contribution in [0, 0.1) is 12.8 Å². The van der Waals surface area contributed by atoms with Crippen molar-refractivity contribution in [3.05, 3.63) is 92.3 Å². The van der Waals surface area contributed by atoms with Crippen LogP contribution in [0.4, 0.5) is 0 Å². The number of amides is 1. The maximum Gasteiger partial charge on any atom is 0.352 e. The van der Waals surface area contributed by atoms with Crippen molar-refractivity contribution in [2.24, 2.45) is 5.92 Å². The second-order valence-corrected chi connectivity index (χ2v) is 8.60. The van der Waals surface area contributed by atoms with Crippen LogP contribution in [0.1, 0.15) is 41.4 Å². The lowest BCUT2D eigenvalue weighted by molar-refractivity contribution is -0.149. The zero-order valence-electron chi connectivity index (χ0n) is 19.8. The number of hydrogen-bond acceptors (Lipinski definition) is 6. The third-order valence-electron chi connectivity index (χ3n) is 6.05. The Morgan fingerprint density at radius 1 is 1.06 bits per heavy atom. The maximum atomic E-state index is 13.5. The van der Waals surface area contributed by atoms with Crippen LogP contribution in [0.5, 0.6) is 0 Å². The Balaban J connectivity index is 1.77. The number of carbonyl (C=O) groups excluding carboxylic acids is 2. The monoisotopic (exact) mass is 476 g/mol. The highest BCUT2D eigenvalue weighted by Crippen LogP contribution is 2.19. The molecule has 0 N–H and O–H groups in total. The number of carbonyl (C=O) groups is 2.